The molecule has 0 spiro atoms. The highest BCUT2D eigenvalue weighted by Gasteiger charge is 2.13. The van der Waals surface area contributed by atoms with Crippen molar-refractivity contribution in [2.24, 2.45) is 0 Å². The molecule has 0 amide bonds. The second-order valence-corrected chi connectivity index (χ2v) is 6.66. The number of fused-ring (bicyclic) bond motifs is 1. The van der Waals surface area contributed by atoms with Gasteiger partial charge in [-0.2, -0.15) is 0 Å². The van der Waals surface area contributed by atoms with Crippen molar-refractivity contribution >= 4 is 39.7 Å². The third-order valence-electron chi connectivity index (χ3n) is 2.66. The van der Waals surface area contributed by atoms with Gasteiger partial charge >= 0.3 is 0 Å². The average molecular weight is 321 g/mol. The highest BCUT2D eigenvalue weighted by atomic mass is 32.2. The van der Waals surface area contributed by atoms with E-state index in [1.165, 1.54) is 23.1 Å². The monoisotopic (exact) mass is 321 g/mol. The van der Waals surface area contributed by atoms with Gasteiger partial charge in [-0.3, -0.25) is 0 Å². The first-order valence-corrected chi connectivity index (χ1v) is 8.07. The molecule has 0 saturated carbocycles. The Labute approximate surface area is 130 Å². The van der Waals surface area contributed by atoms with E-state index in [0.29, 0.717) is 0 Å². The molecule has 3 rings (SSSR count). The molecule has 0 aliphatic rings. The van der Waals surface area contributed by atoms with Gasteiger partial charge in [-0.1, -0.05) is 11.3 Å². The Morgan fingerprint density at radius 3 is 2.95 bits per heavy atom. The molecule has 3 aromatic heterocycles. The predicted molar refractivity (Wildman–Crippen MR) is 85.5 cm³/mol. The fraction of sp³-hybridized carbons (Fsp3) is 0.333. The maximum absolute atomic E-state index is 4.61. The molecular formula is C12H15N7S2. The molecule has 21 heavy (non-hydrogen) atoms. The van der Waals surface area contributed by atoms with E-state index >= 15 is 0 Å². The number of hydrogen-bond donors (Lipinski definition) is 1. The summed E-state index contributed by atoms with van der Waals surface area (Å²) in [6.07, 6.45) is 5.61. The quantitative estimate of drug-likeness (QED) is 0.772. The summed E-state index contributed by atoms with van der Waals surface area (Å²) in [6, 6.07) is 0. The molecule has 3 heterocycles. The van der Waals surface area contributed by atoms with Gasteiger partial charge in [0.25, 0.3) is 0 Å². The SMILES string of the molecule is CCNc1cn2ccnc2c(Sc2nnc(N(C)C)s2)n1. The topological polar surface area (TPSA) is 71.2 Å². The lowest BCUT2D eigenvalue weighted by atomic mass is 10.6. The number of imidazole rings is 1. The Kier molecular flexibility index (Phi) is 3.93. The second kappa shape index (κ2) is 5.86. The molecule has 9 heteroatoms. The largest absolute Gasteiger partial charge is 0.369 e. The molecule has 110 valence electrons. The van der Waals surface area contributed by atoms with Crippen LogP contribution in [-0.4, -0.2) is 45.2 Å². The number of nitrogens with one attached hydrogen (secondary N) is 1. The lowest BCUT2D eigenvalue weighted by molar-refractivity contribution is 0.967. The first-order chi connectivity index (χ1) is 10.2. The van der Waals surface area contributed by atoms with Crippen LogP contribution in [0, 0.1) is 0 Å². The van der Waals surface area contributed by atoms with E-state index in [0.717, 1.165) is 32.5 Å². The molecule has 0 atom stereocenters. The van der Waals surface area contributed by atoms with Gasteiger partial charge in [0.2, 0.25) is 5.13 Å². The van der Waals surface area contributed by atoms with E-state index in [9.17, 15) is 0 Å². The molecule has 0 radical (unpaired) electrons. The lowest BCUT2D eigenvalue weighted by Gasteiger charge is -2.06. The molecule has 0 unspecified atom stereocenters. The summed E-state index contributed by atoms with van der Waals surface area (Å²) in [6.45, 7) is 2.86. The Morgan fingerprint density at radius 1 is 1.38 bits per heavy atom. The molecule has 7 nitrogen and oxygen atoms in total. The van der Waals surface area contributed by atoms with Crippen LogP contribution in [0.1, 0.15) is 6.92 Å². The van der Waals surface area contributed by atoms with Crippen molar-refractivity contribution in [3.05, 3.63) is 18.6 Å². The minimum absolute atomic E-state index is 0.819. The van der Waals surface area contributed by atoms with Crippen LogP contribution in [0.4, 0.5) is 10.9 Å². The van der Waals surface area contributed by atoms with Crippen molar-refractivity contribution in [2.75, 3.05) is 30.9 Å². The Balaban J connectivity index is 1.96. The Hall–Kier alpha value is -1.87. The summed E-state index contributed by atoms with van der Waals surface area (Å²) in [5.74, 6) is 0.822. The zero-order valence-corrected chi connectivity index (χ0v) is 13.6. The fourth-order valence-corrected chi connectivity index (χ4v) is 3.51. The van der Waals surface area contributed by atoms with Crippen LogP contribution in [0.3, 0.4) is 0 Å². The minimum atomic E-state index is 0.819. The van der Waals surface area contributed by atoms with Crippen LogP contribution >= 0.6 is 23.1 Å². The van der Waals surface area contributed by atoms with Crippen molar-refractivity contribution in [3.8, 4) is 0 Å². The zero-order valence-electron chi connectivity index (χ0n) is 11.9. The number of hydrogen-bond acceptors (Lipinski definition) is 8. The van der Waals surface area contributed by atoms with Crippen molar-refractivity contribution in [1.82, 2.24) is 24.6 Å². The number of aromatic nitrogens is 5. The van der Waals surface area contributed by atoms with Crippen LogP contribution in [0.25, 0.3) is 5.65 Å². The maximum Gasteiger partial charge on any atom is 0.208 e. The zero-order chi connectivity index (χ0) is 14.8. The molecule has 3 aromatic rings. The van der Waals surface area contributed by atoms with Crippen molar-refractivity contribution in [3.63, 3.8) is 0 Å². The van der Waals surface area contributed by atoms with Gasteiger partial charge in [0.05, 0.1) is 6.20 Å². The third kappa shape index (κ3) is 2.93. The summed E-state index contributed by atoms with van der Waals surface area (Å²) < 4.78 is 2.81. The highest BCUT2D eigenvalue weighted by molar-refractivity contribution is 8.01. The predicted octanol–water partition coefficient (Wildman–Crippen LogP) is 2.23. The van der Waals surface area contributed by atoms with E-state index in [4.69, 9.17) is 0 Å². The van der Waals surface area contributed by atoms with Crippen LogP contribution in [0.15, 0.2) is 28.0 Å². The summed E-state index contributed by atoms with van der Waals surface area (Å²) in [7, 11) is 3.90. The summed E-state index contributed by atoms with van der Waals surface area (Å²) in [5.41, 5.74) is 0.822. The van der Waals surface area contributed by atoms with Gasteiger partial charge in [0.15, 0.2) is 9.99 Å². The van der Waals surface area contributed by atoms with E-state index < -0.39 is 0 Å². The van der Waals surface area contributed by atoms with Gasteiger partial charge in [0, 0.05) is 33.0 Å². The van der Waals surface area contributed by atoms with Gasteiger partial charge in [-0.05, 0) is 18.7 Å². The summed E-state index contributed by atoms with van der Waals surface area (Å²) >= 11 is 3.02. The summed E-state index contributed by atoms with van der Waals surface area (Å²) in [5, 5.41) is 13.3. The fourth-order valence-electron chi connectivity index (χ4n) is 1.74. The average Bonchev–Trinajstić information content (AvgIpc) is 3.07. The van der Waals surface area contributed by atoms with Crippen molar-refractivity contribution in [1.29, 1.82) is 0 Å². The molecule has 0 aliphatic carbocycles. The number of anilines is 2. The lowest BCUT2D eigenvalue weighted by Crippen LogP contribution is -2.07. The second-order valence-electron chi connectivity index (χ2n) is 4.47. The molecule has 0 saturated heterocycles. The molecule has 0 aromatic carbocycles. The van der Waals surface area contributed by atoms with E-state index in [1.807, 2.05) is 42.7 Å². The maximum atomic E-state index is 4.61. The molecule has 1 N–H and O–H groups in total. The number of nitrogens with zero attached hydrogens (tertiary/aromatic N) is 6. The Bertz CT molecular complexity index is 749. The van der Waals surface area contributed by atoms with Gasteiger partial charge in [-0.25, -0.2) is 9.97 Å². The summed E-state index contributed by atoms with van der Waals surface area (Å²) in [4.78, 5) is 10.9. The first kappa shape index (κ1) is 14.1. The number of rotatable bonds is 5. The smallest absolute Gasteiger partial charge is 0.208 e. The van der Waals surface area contributed by atoms with Crippen LogP contribution in [0.5, 0.6) is 0 Å². The molecule has 0 bridgehead atoms. The van der Waals surface area contributed by atoms with E-state index in [-0.39, 0.29) is 0 Å². The van der Waals surface area contributed by atoms with Gasteiger partial charge in [0.1, 0.15) is 10.8 Å². The normalized spacial score (nSPS) is 11.0. The van der Waals surface area contributed by atoms with E-state index in [2.05, 4.69) is 25.5 Å². The van der Waals surface area contributed by atoms with Crippen LogP contribution in [-0.2, 0) is 0 Å². The van der Waals surface area contributed by atoms with Crippen molar-refractivity contribution in [2.45, 2.75) is 16.3 Å². The first-order valence-electron chi connectivity index (χ1n) is 6.43. The molecule has 0 fully saturated rings. The van der Waals surface area contributed by atoms with Crippen LogP contribution < -0.4 is 10.2 Å². The molecule has 0 aliphatic heterocycles. The highest BCUT2D eigenvalue weighted by Crippen LogP contribution is 2.34. The third-order valence-corrected chi connectivity index (χ3v) is 4.77. The Morgan fingerprint density at radius 2 is 2.24 bits per heavy atom. The molecular weight excluding hydrogens is 306 g/mol. The van der Waals surface area contributed by atoms with E-state index in [1.54, 1.807) is 6.20 Å². The van der Waals surface area contributed by atoms with Crippen LogP contribution in [0.2, 0.25) is 0 Å². The van der Waals surface area contributed by atoms with Gasteiger partial charge in [-0.15, -0.1) is 10.2 Å². The minimum Gasteiger partial charge on any atom is -0.369 e. The van der Waals surface area contributed by atoms with Gasteiger partial charge < -0.3 is 14.6 Å². The standard InChI is InChI=1S/C12H15N7S2/c1-4-13-8-7-19-6-5-14-9(19)10(15-8)20-12-17-16-11(21-12)18(2)3/h5-7,13H,4H2,1-3H3. The van der Waals surface area contributed by atoms with Crippen molar-refractivity contribution < 1.29 is 0 Å².